The molecule has 2 heterocycles. The van der Waals surface area contributed by atoms with E-state index in [1.807, 2.05) is 0 Å². The number of carbonyl (C=O) groups excluding carboxylic acids is 1. The van der Waals surface area contributed by atoms with Crippen LogP contribution in [0.1, 0.15) is 41.7 Å². The molecule has 0 unspecified atom stereocenters. The summed E-state index contributed by atoms with van der Waals surface area (Å²) < 4.78 is 79.0. The van der Waals surface area contributed by atoms with Gasteiger partial charge in [-0.1, -0.05) is 6.07 Å². The number of anilines is 1. The minimum Gasteiger partial charge on any atom is -0.478 e. The maximum absolute atomic E-state index is 14.3. The molecular formula is C22H19F5N4O2S. The average Bonchev–Trinajstić information content (AvgIpc) is 3.21. The van der Waals surface area contributed by atoms with Crippen LogP contribution in [0.25, 0.3) is 11.3 Å². The minimum atomic E-state index is -4.95. The van der Waals surface area contributed by atoms with Gasteiger partial charge < -0.3 is 15.8 Å². The fourth-order valence-electron chi connectivity index (χ4n) is 3.67. The molecule has 0 saturated heterocycles. The second kappa shape index (κ2) is 9.63. The van der Waals surface area contributed by atoms with Crippen molar-refractivity contribution in [2.24, 2.45) is 5.73 Å². The van der Waals surface area contributed by atoms with Crippen molar-refractivity contribution in [3.05, 3.63) is 59.4 Å². The predicted octanol–water partition coefficient (Wildman–Crippen LogP) is 5.40. The number of benzene rings is 1. The van der Waals surface area contributed by atoms with Gasteiger partial charge in [0.25, 0.3) is 5.91 Å². The van der Waals surface area contributed by atoms with Gasteiger partial charge in [0.1, 0.15) is 23.0 Å². The number of rotatable bonds is 5. The third kappa shape index (κ3) is 5.17. The summed E-state index contributed by atoms with van der Waals surface area (Å²) >= 11 is 1.00. The number of aromatic nitrogens is 2. The largest absolute Gasteiger partial charge is 0.478 e. The standard InChI is InChI=1S/C22H19F5N4O2S/c23-14-2-1-3-15(24)18(14)19-13(22(25,26)27)8-9-16(30-19)20(32)31-17-10-29-34-21(17)33-12-6-4-11(28)5-7-12/h1-3,8-12H,4-7,28H2,(H,31,32)/t11-,12-. The van der Waals surface area contributed by atoms with Crippen LogP contribution < -0.4 is 15.8 Å². The molecule has 1 fully saturated rings. The maximum atomic E-state index is 14.3. The Kier molecular flexibility index (Phi) is 6.80. The number of hydrogen-bond acceptors (Lipinski definition) is 6. The van der Waals surface area contributed by atoms with Gasteiger partial charge in [-0.25, -0.2) is 13.8 Å². The van der Waals surface area contributed by atoms with Crippen LogP contribution in [0.2, 0.25) is 0 Å². The molecular weight excluding hydrogens is 479 g/mol. The minimum absolute atomic E-state index is 0.101. The van der Waals surface area contributed by atoms with Crippen molar-refractivity contribution in [3.63, 3.8) is 0 Å². The van der Waals surface area contributed by atoms with E-state index in [4.69, 9.17) is 10.5 Å². The first-order valence-electron chi connectivity index (χ1n) is 10.3. The highest BCUT2D eigenvalue weighted by Crippen LogP contribution is 2.38. The van der Waals surface area contributed by atoms with E-state index < -0.39 is 46.2 Å². The lowest BCUT2D eigenvalue weighted by atomic mass is 9.94. The van der Waals surface area contributed by atoms with Crippen LogP contribution in [0, 0.1) is 11.6 Å². The second-order valence-electron chi connectivity index (χ2n) is 7.82. The molecule has 3 N–H and O–H groups in total. The number of halogens is 5. The first-order chi connectivity index (χ1) is 16.1. The van der Waals surface area contributed by atoms with Gasteiger partial charge in [0.05, 0.1) is 29.1 Å². The van der Waals surface area contributed by atoms with Gasteiger partial charge in [-0.2, -0.15) is 17.5 Å². The number of pyridine rings is 1. The summed E-state index contributed by atoms with van der Waals surface area (Å²) in [6.45, 7) is 0. The molecule has 34 heavy (non-hydrogen) atoms. The molecule has 1 aliphatic rings. The molecule has 4 rings (SSSR count). The maximum Gasteiger partial charge on any atom is 0.418 e. The number of nitrogens with zero attached hydrogens (tertiary/aromatic N) is 2. The van der Waals surface area contributed by atoms with Crippen LogP contribution in [0.15, 0.2) is 36.5 Å². The summed E-state index contributed by atoms with van der Waals surface area (Å²) in [5.74, 6) is -3.36. The fourth-order valence-corrected chi connectivity index (χ4v) is 4.31. The molecule has 0 bridgehead atoms. The van der Waals surface area contributed by atoms with E-state index in [1.165, 1.54) is 6.20 Å². The van der Waals surface area contributed by atoms with Crippen molar-refractivity contribution in [1.82, 2.24) is 9.36 Å². The second-order valence-corrected chi connectivity index (χ2v) is 8.59. The Morgan fingerprint density at radius 1 is 1.09 bits per heavy atom. The Hall–Kier alpha value is -3.12. The van der Waals surface area contributed by atoms with Crippen LogP contribution in [0.3, 0.4) is 0 Å². The molecule has 12 heteroatoms. The molecule has 0 aliphatic heterocycles. The Morgan fingerprint density at radius 3 is 2.41 bits per heavy atom. The van der Waals surface area contributed by atoms with E-state index in [9.17, 15) is 26.7 Å². The Balaban J connectivity index is 1.61. The Bertz CT molecular complexity index is 1170. The number of alkyl halides is 3. The zero-order chi connectivity index (χ0) is 24.5. The topological polar surface area (TPSA) is 90.1 Å². The Morgan fingerprint density at radius 2 is 1.76 bits per heavy atom. The van der Waals surface area contributed by atoms with Crippen molar-refractivity contribution in [2.45, 2.75) is 44.0 Å². The SMILES string of the molecule is N[C@H]1CC[C@H](Oc2sncc2NC(=O)c2ccc(C(F)(F)F)c(-c3c(F)cccc3F)n2)CC1. The molecule has 1 aliphatic carbocycles. The molecule has 0 atom stereocenters. The summed E-state index contributed by atoms with van der Waals surface area (Å²) in [6, 6.07) is 4.17. The van der Waals surface area contributed by atoms with Gasteiger partial charge in [-0.15, -0.1) is 0 Å². The number of hydrogen-bond donors (Lipinski definition) is 2. The predicted molar refractivity (Wildman–Crippen MR) is 116 cm³/mol. The molecule has 0 radical (unpaired) electrons. The van der Waals surface area contributed by atoms with Crippen LogP contribution in [-0.4, -0.2) is 27.4 Å². The molecule has 6 nitrogen and oxygen atoms in total. The van der Waals surface area contributed by atoms with Crippen molar-refractivity contribution >= 4 is 23.1 Å². The third-order valence-corrected chi connectivity index (χ3v) is 6.10. The summed E-state index contributed by atoms with van der Waals surface area (Å²) in [4.78, 5) is 16.5. The molecule has 1 aromatic carbocycles. The van der Waals surface area contributed by atoms with Crippen molar-refractivity contribution in [1.29, 1.82) is 0 Å². The molecule has 3 aromatic rings. The average molecular weight is 498 g/mol. The van der Waals surface area contributed by atoms with Crippen molar-refractivity contribution in [2.75, 3.05) is 5.32 Å². The fraction of sp³-hybridized carbons (Fsp3) is 0.318. The lowest BCUT2D eigenvalue weighted by Crippen LogP contribution is -2.31. The van der Waals surface area contributed by atoms with Crippen LogP contribution >= 0.6 is 11.5 Å². The summed E-state index contributed by atoms with van der Waals surface area (Å²) in [5, 5.41) is 2.83. The van der Waals surface area contributed by atoms with Gasteiger partial charge in [-0.05, 0) is 49.9 Å². The van der Waals surface area contributed by atoms with Gasteiger partial charge in [0.15, 0.2) is 0 Å². The zero-order valence-corrected chi connectivity index (χ0v) is 18.4. The molecule has 0 spiro atoms. The van der Waals surface area contributed by atoms with E-state index in [2.05, 4.69) is 14.7 Å². The number of nitrogens with two attached hydrogens (primary N) is 1. The third-order valence-electron chi connectivity index (χ3n) is 5.41. The normalized spacial score (nSPS) is 18.5. The lowest BCUT2D eigenvalue weighted by molar-refractivity contribution is -0.137. The van der Waals surface area contributed by atoms with Crippen molar-refractivity contribution < 1.29 is 31.5 Å². The number of ether oxygens (including phenoxy) is 1. The van der Waals surface area contributed by atoms with Gasteiger partial charge >= 0.3 is 6.18 Å². The first kappa shape index (κ1) is 24.0. The first-order valence-corrected chi connectivity index (χ1v) is 11.1. The van der Waals surface area contributed by atoms with Crippen LogP contribution in [0.5, 0.6) is 5.06 Å². The highest BCUT2D eigenvalue weighted by atomic mass is 32.1. The summed E-state index contributed by atoms with van der Waals surface area (Å²) in [5.41, 5.74) is 2.28. The van der Waals surface area contributed by atoms with E-state index in [-0.39, 0.29) is 17.8 Å². The van der Waals surface area contributed by atoms with E-state index >= 15 is 0 Å². The van der Waals surface area contributed by atoms with Crippen molar-refractivity contribution in [3.8, 4) is 16.3 Å². The van der Waals surface area contributed by atoms with Crippen LogP contribution in [-0.2, 0) is 6.18 Å². The van der Waals surface area contributed by atoms with E-state index in [1.54, 1.807) is 0 Å². The molecule has 2 aromatic heterocycles. The van der Waals surface area contributed by atoms with Gasteiger partial charge in [0.2, 0.25) is 5.06 Å². The number of nitrogens with one attached hydrogen (secondary N) is 1. The highest BCUT2D eigenvalue weighted by molar-refractivity contribution is 7.08. The molecule has 180 valence electrons. The summed E-state index contributed by atoms with van der Waals surface area (Å²) in [7, 11) is 0. The molecule has 1 amide bonds. The van der Waals surface area contributed by atoms with Crippen LogP contribution in [0.4, 0.5) is 27.6 Å². The smallest absolute Gasteiger partial charge is 0.418 e. The van der Waals surface area contributed by atoms with Gasteiger partial charge in [0, 0.05) is 17.6 Å². The lowest BCUT2D eigenvalue weighted by Gasteiger charge is -2.26. The number of carbonyl (C=O) groups is 1. The summed E-state index contributed by atoms with van der Waals surface area (Å²) in [6.07, 6.45) is -0.627. The molecule has 1 saturated carbocycles. The van der Waals surface area contributed by atoms with E-state index in [0.29, 0.717) is 11.1 Å². The zero-order valence-electron chi connectivity index (χ0n) is 17.5. The highest BCUT2D eigenvalue weighted by Gasteiger charge is 2.36. The number of amides is 1. The van der Waals surface area contributed by atoms with E-state index in [0.717, 1.165) is 61.5 Å². The Labute approximate surface area is 195 Å². The monoisotopic (exact) mass is 498 g/mol. The van der Waals surface area contributed by atoms with Gasteiger partial charge in [-0.3, -0.25) is 4.79 Å². The quantitative estimate of drug-likeness (QED) is 0.460.